The normalized spacial score (nSPS) is 11.8. The third-order valence-electron chi connectivity index (χ3n) is 4.97. The van der Waals surface area contributed by atoms with Gasteiger partial charge in [0.2, 0.25) is 0 Å². The van der Waals surface area contributed by atoms with Crippen molar-refractivity contribution in [3.8, 4) is 0 Å². The molecule has 2 aromatic heterocycles. The zero-order chi connectivity index (χ0) is 23.8. The van der Waals surface area contributed by atoms with Gasteiger partial charge in [0.15, 0.2) is 5.82 Å². The van der Waals surface area contributed by atoms with E-state index in [1.54, 1.807) is 0 Å². The number of amides is 1. The molecule has 0 aliphatic heterocycles. The second kappa shape index (κ2) is 10.8. The van der Waals surface area contributed by atoms with Crippen LogP contribution in [0.3, 0.4) is 0 Å². The van der Waals surface area contributed by atoms with E-state index in [0.29, 0.717) is 30.8 Å². The molecule has 174 valence electrons. The largest absolute Gasteiger partial charge is 0.444 e. The molecule has 0 aliphatic rings. The maximum Gasteiger partial charge on any atom is 0.407 e. The van der Waals surface area contributed by atoms with E-state index in [0.717, 1.165) is 41.5 Å². The first-order valence-electron chi connectivity index (χ1n) is 11.3. The Hall–Kier alpha value is -3.58. The monoisotopic (exact) mass is 449 g/mol. The summed E-state index contributed by atoms with van der Waals surface area (Å²) in [5.74, 6) is 1.24. The van der Waals surface area contributed by atoms with Crippen LogP contribution in [-0.4, -0.2) is 32.8 Å². The van der Waals surface area contributed by atoms with E-state index in [4.69, 9.17) is 15.3 Å². The molecular weight excluding hydrogens is 418 g/mol. The van der Waals surface area contributed by atoms with Gasteiger partial charge in [-0.3, -0.25) is 0 Å². The van der Waals surface area contributed by atoms with Crippen LogP contribution in [0.5, 0.6) is 0 Å². The Morgan fingerprint density at radius 3 is 2.79 bits per heavy atom. The molecule has 3 rings (SSSR count). The molecule has 9 heteroatoms. The Balaban J connectivity index is 1.85. The number of benzene rings is 1. The van der Waals surface area contributed by atoms with Gasteiger partial charge in [-0.2, -0.15) is 0 Å². The van der Waals surface area contributed by atoms with E-state index in [1.165, 1.54) is 0 Å². The number of hydrogen-bond acceptors (Lipinski definition) is 5. The van der Waals surface area contributed by atoms with Gasteiger partial charge in [-0.15, -0.1) is 0 Å². The van der Waals surface area contributed by atoms with Crippen molar-refractivity contribution in [3.05, 3.63) is 52.7 Å². The van der Waals surface area contributed by atoms with Crippen molar-refractivity contribution in [1.29, 1.82) is 0 Å². The van der Waals surface area contributed by atoms with Crippen LogP contribution in [-0.2, 0) is 17.7 Å². The predicted octanol–water partition coefficient (Wildman–Crippen LogP) is 6.34. The molecule has 2 heterocycles. The summed E-state index contributed by atoms with van der Waals surface area (Å²) in [5.41, 5.74) is 10.8. The van der Waals surface area contributed by atoms with Crippen molar-refractivity contribution in [2.24, 2.45) is 5.11 Å². The summed E-state index contributed by atoms with van der Waals surface area (Å²) in [6, 6.07) is 7.81. The second-order valence-corrected chi connectivity index (χ2v) is 8.77. The average Bonchev–Trinajstić information content (AvgIpc) is 3.12. The summed E-state index contributed by atoms with van der Waals surface area (Å²) in [7, 11) is 0. The summed E-state index contributed by atoms with van der Waals surface area (Å²) in [6.07, 6.45) is 7.25. The molecule has 1 amide bonds. The zero-order valence-electron chi connectivity index (χ0n) is 19.7. The molecule has 0 radical (unpaired) electrons. The minimum absolute atomic E-state index is 0.299. The molecule has 9 nitrogen and oxygen atoms in total. The van der Waals surface area contributed by atoms with Gasteiger partial charge in [0.1, 0.15) is 16.9 Å². The number of ether oxygens (including phenoxy) is 1. The highest BCUT2D eigenvalue weighted by atomic mass is 16.6. The Morgan fingerprint density at radius 2 is 2.06 bits per heavy atom. The number of pyridine rings is 1. The molecule has 0 atom stereocenters. The van der Waals surface area contributed by atoms with Crippen molar-refractivity contribution in [1.82, 2.24) is 19.9 Å². The van der Waals surface area contributed by atoms with Crippen LogP contribution in [0.2, 0.25) is 0 Å². The molecule has 0 fully saturated rings. The van der Waals surface area contributed by atoms with E-state index >= 15 is 0 Å². The summed E-state index contributed by atoms with van der Waals surface area (Å²) in [4.78, 5) is 24.1. The number of para-hydroxylation sites is 1. The highest BCUT2D eigenvalue weighted by Crippen LogP contribution is 2.32. The average molecular weight is 450 g/mol. The van der Waals surface area contributed by atoms with Gasteiger partial charge in [0.25, 0.3) is 0 Å². The van der Waals surface area contributed by atoms with Crippen molar-refractivity contribution in [3.63, 3.8) is 0 Å². The van der Waals surface area contributed by atoms with Gasteiger partial charge < -0.3 is 14.6 Å². The number of azide groups is 1. The molecule has 1 aromatic carbocycles. The number of rotatable bonds is 9. The van der Waals surface area contributed by atoms with Gasteiger partial charge >= 0.3 is 6.09 Å². The number of nitrogens with zero attached hydrogens (tertiary/aromatic N) is 6. The van der Waals surface area contributed by atoms with Crippen LogP contribution in [0.25, 0.3) is 32.4 Å². The van der Waals surface area contributed by atoms with Crippen LogP contribution in [0.4, 0.5) is 10.6 Å². The first-order chi connectivity index (χ1) is 15.8. The van der Waals surface area contributed by atoms with Crippen LogP contribution in [0, 0.1) is 0 Å². The predicted molar refractivity (Wildman–Crippen MR) is 130 cm³/mol. The highest BCUT2D eigenvalue weighted by molar-refractivity contribution is 6.06. The number of fused-ring (bicyclic) bond motifs is 3. The smallest absolute Gasteiger partial charge is 0.407 e. The third-order valence-corrected chi connectivity index (χ3v) is 4.97. The summed E-state index contributed by atoms with van der Waals surface area (Å²) in [6.45, 7) is 8.77. The number of alkyl carbamates (subject to hydrolysis) is 1. The molecule has 0 aliphatic carbocycles. The fourth-order valence-electron chi connectivity index (χ4n) is 3.57. The van der Waals surface area contributed by atoms with Crippen LogP contribution in [0.15, 0.2) is 41.5 Å². The number of unbranched alkanes of at least 4 members (excludes halogenated alkanes) is 1. The number of aromatic nitrogens is 3. The number of nitrogens with one attached hydrogen (secondary N) is 1. The van der Waals surface area contributed by atoms with Crippen LogP contribution < -0.4 is 5.32 Å². The lowest BCUT2D eigenvalue weighted by atomic mass is 10.2. The van der Waals surface area contributed by atoms with E-state index in [2.05, 4.69) is 37.9 Å². The Morgan fingerprint density at radius 1 is 1.27 bits per heavy atom. The molecule has 0 saturated heterocycles. The van der Waals surface area contributed by atoms with Crippen LogP contribution in [0.1, 0.15) is 52.8 Å². The number of imidazole rings is 1. The first-order valence-corrected chi connectivity index (χ1v) is 11.3. The quantitative estimate of drug-likeness (QED) is 0.135. The summed E-state index contributed by atoms with van der Waals surface area (Å²) in [5, 5.41) is 7.54. The number of allylic oxidation sites excluding steroid dienone is 1. The second-order valence-electron chi connectivity index (χ2n) is 8.77. The standard InChI is InChI=1S/C24H31N7O2/c1-5-6-14-19-28-20-21(17-12-8-9-13-18(17)27-22(20)29-30-25)31(19)16-11-7-10-15-26-23(32)33-24(2,3)4/h7-9,11-13H,5-6,10,14-16H2,1-4H3,(H,26,32)/b11-7+. The lowest BCUT2D eigenvalue weighted by Crippen LogP contribution is -2.32. The topological polar surface area (TPSA) is 118 Å². The maximum atomic E-state index is 11.8. The number of carbonyl (C=O) groups is 1. The fraction of sp³-hybridized carbons (Fsp3) is 0.458. The molecule has 0 spiro atoms. The number of aryl methyl sites for hydroxylation is 1. The van der Waals surface area contributed by atoms with Gasteiger partial charge in [0.05, 0.1) is 11.0 Å². The Kier molecular flexibility index (Phi) is 7.90. The molecular formula is C24H31N7O2. The number of hydrogen-bond donors (Lipinski definition) is 1. The minimum atomic E-state index is -0.511. The van der Waals surface area contributed by atoms with Crippen molar-refractivity contribution in [2.45, 2.75) is 65.5 Å². The molecule has 0 bridgehead atoms. The van der Waals surface area contributed by atoms with Crippen molar-refractivity contribution >= 4 is 33.8 Å². The SMILES string of the molecule is CCCCc1nc2c(N=[N+]=[N-])nc3ccccc3c2n1C/C=C/CCNC(=O)OC(C)(C)C. The highest BCUT2D eigenvalue weighted by Gasteiger charge is 2.17. The van der Waals surface area contributed by atoms with E-state index < -0.39 is 11.7 Å². The van der Waals surface area contributed by atoms with Crippen molar-refractivity contribution < 1.29 is 9.53 Å². The number of carbonyl (C=O) groups excluding carboxylic acids is 1. The first kappa shape index (κ1) is 24.1. The Labute approximate surface area is 193 Å². The third kappa shape index (κ3) is 6.23. The van der Waals surface area contributed by atoms with Crippen LogP contribution >= 0.6 is 0 Å². The van der Waals surface area contributed by atoms with Gasteiger partial charge in [-0.1, -0.05) is 43.7 Å². The lowest BCUT2D eigenvalue weighted by molar-refractivity contribution is 0.0529. The molecule has 0 unspecified atom stereocenters. The minimum Gasteiger partial charge on any atom is -0.444 e. The van der Waals surface area contributed by atoms with Gasteiger partial charge in [-0.25, -0.2) is 14.8 Å². The molecule has 1 N–H and O–H groups in total. The van der Waals surface area contributed by atoms with E-state index in [1.807, 2.05) is 51.1 Å². The van der Waals surface area contributed by atoms with Crippen molar-refractivity contribution in [2.75, 3.05) is 6.54 Å². The van der Waals surface area contributed by atoms with Gasteiger partial charge in [-0.05, 0) is 50.3 Å². The van der Waals surface area contributed by atoms with E-state index in [9.17, 15) is 4.79 Å². The summed E-state index contributed by atoms with van der Waals surface area (Å²) >= 11 is 0. The zero-order valence-corrected chi connectivity index (χ0v) is 19.7. The summed E-state index contributed by atoms with van der Waals surface area (Å²) < 4.78 is 7.42. The fourth-order valence-corrected chi connectivity index (χ4v) is 3.57. The van der Waals surface area contributed by atoms with E-state index in [-0.39, 0.29) is 0 Å². The molecule has 0 saturated carbocycles. The lowest BCUT2D eigenvalue weighted by Gasteiger charge is -2.19. The molecule has 33 heavy (non-hydrogen) atoms. The maximum absolute atomic E-state index is 11.8. The molecule has 3 aromatic rings. The Bertz CT molecular complexity index is 1200. The van der Waals surface area contributed by atoms with Gasteiger partial charge in [0, 0.05) is 29.8 Å².